The molecule has 2 aromatic carbocycles. The molecular formula is C26H39NO. The lowest BCUT2D eigenvalue weighted by Crippen LogP contribution is -2.46. The van der Waals surface area contributed by atoms with Gasteiger partial charge in [0.2, 0.25) is 0 Å². The lowest BCUT2D eigenvalue weighted by molar-refractivity contribution is 0.0442. The Labute approximate surface area is 172 Å². The lowest BCUT2D eigenvalue weighted by Gasteiger charge is -2.36. The first-order valence-corrected chi connectivity index (χ1v) is 10.2. The van der Waals surface area contributed by atoms with Gasteiger partial charge in [-0.3, -0.25) is 0 Å². The standard InChI is InChI=1S/C25H35NO.CH4/c1-23(2,3)18-9-13-20(14-10-18)25(27,22-8-7-17-26-22)21-15-11-19(12-16-21)24(4,5)6;/h9-16,22,26-27H,7-8,17H2,1-6H3;1H4/t22-;/m0./s1. The van der Waals surface area contributed by atoms with Crippen LogP contribution in [0.4, 0.5) is 0 Å². The molecule has 2 N–H and O–H groups in total. The van der Waals surface area contributed by atoms with Crippen molar-refractivity contribution in [3.05, 3.63) is 70.8 Å². The van der Waals surface area contributed by atoms with Crippen molar-refractivity contribution in [1.82, 2.24) is 5.32 Å². The molecule has 3 rings (SSSR count). The summed E-state index contributed by atoms with van der Waals surface area (Å²) in [6, 6.07) is 17.1. The van der Waals surface area contributed by atoms with Gasteiger partial charge in [-0.05, 0) is 52.5 Å². The van der Waals surface area contributed by atoms with E-state index in [1.807, 2.05) is 0 Å². The van der Waals surface area contributed by atoms with E-state index < -0.39 is 5.60 Å². The molecule has 0 amide bonds. The van der Waals surface area contributed by atoms with Crippen LogP contribution in [0, 0.1) is 0 Å². The smallest absolute Gasteiger partial charge is 0.130 e. The summed E-state index contributed by atoms with van der Waals surface area (Å²) in [7, 11) is 0. The molecule has 2 nitrogen and oxygen atoms in total. The second-order valence-corrected chi connectivity index (χ2v) is 10.1. The van der Waals surface area contributed by atoms with Gasteiger partial charge >= 0.3 is 0 Å². The number of rotatable bonds is 3. The predicted octanol–water partition coefficient (Wildman–Crippen LogP) is 5.91. The maximum atomic E-state index is 12.0. The molecule has 0 bridgehead atoms. The average Bonchev–Trinajstić information content (AvgIpc) is 3.15. The van der Waals surface area contributed by atoms with Crippen LogP contribution in [0.1, 0.15) is 84.1 Å². The van der Waals surface area contributed by atoms with Crippen molar-refractivity contribution in [3.63, 3.8) is 0 Å². The van der Waals surface area contributed by atoms with Gasteiger partial charge in [0.15, 0.2) is 0 Å². The number of hydrogen-bond donors (Lipinski definition) is 2. The van der Waals surface area contributed by atoms with E-state index >= 15 is 0 Å². The third-order valence-electron chi connectivity index (χ3n) is 5.95. The predicted molar refractivity (Wildman–Crippen MR) is 121 cm³/mol. The number of aliphatic hydroxyl groups is 1. The molecule has 0 unspecified atom stereocenters. The molecule has 1 atom stereocenters. The van der Waals surface area contributed by atoms with Gasteiger partial charge in [-0.2, -0.15) is 0 Å². The quantitative estimate of drug-likeness (QED) is 0.693. The minimum atomic E-state index is -1.01. The average molecular weight is 382 g/mol. The zero-order chi connectivity index (χ0) is 19.9. The van der Waals surface area contributed by atoms with Gasteiger partial charge in [-0.25, -0.2) is 0 Å². The summed E-state index contributed by atoms with van der Waals surface area (Å²) in [5.41, 5.74) is 3.72. The third-order valence-corrected chi connectivity index (χ3v) is 5.95. The summed E-state index contributed by atoms with van der Waals surface area (Å²) in [4.78, 5) is 0. The van der Waals surface area contributed by atoms with E-state index in [9.17, 15) is 5.11 Å². The monoisotopic (exact) mass is 381 g/mol. The highest BCUT2D eigenvalue weighted by molar-refractivity contribution is 5.42. The van der Waals surface area contributed by atoms with Gasteiger partial charge < -0.3 is 10.4 Å². The Morgan fingerprint density at radius 3 is 1.36 bits per heavy atom. The third kappa shape index (κ3) is 4.34. The van der Waals surface area contributed by atoms with Crippen LogP contribution in [-0.4, -0.2) is 17.7 Å². The van der Waals surface area contributed by atoms with Crippen molar-refractivity contribution in [2.24, 2.45) is 0 Å². The molecule has 28 heavy (non-hydrogen) atoms. The largest absolute Gasteiger partial charge is 0.379 e. The number of benzene rings is 2. The lowest BCUT2D eigenvalue weighted by atomic mass is 9.77. The summed E-state index contributed by atoms with van der Waals surface area (Å²) >= 11 is 0. The van der Waals surface area contributed by atoms with Crippen molar-refractivity contribution < 1.29 is 5.11 Å². The molecule has 1 heterocycles. The summed E-state index contributed by atoms with van der Waals surface area (Å²) in [5, 5.41) is 15.5. The summed E-state index contributed by atoms with van der Waals surface area (Å²) in [5.74, 6) is 0. The first-order valence-electron chi connectivity index (χ1n) is 10.2. The molecule has 0 aromatic heterocycles. The van der Waals surface area contributed by atoms with Crippen molar-refractivity contribution in [3.8, 4) is 0 Å². The fraction of sp³-hybridized carbons (Fsp3) is 0.538. The Morgan fingerprint density at radius 1 is 0.714 bits per heavy atom. The van der Waals surface area contributed by atoms with E-state index in [1.165, 1.54) is 11.1 Å². The summed E-state index contributed by atoms with van der Waals surface area (Å²) in [6.45, 7) is 14.3. The van der Waals surface area contributed by atoms with E-state index in [4.69, 9.17) is 0 Å². The van der Waals surface area contributed by atoms with Gasteiger partial charge in [0.05, 0.1) is 0 Å². The maximum Gasteiger partial charge on any atom is 0.130 e. The highest BCUT2D eigenvalue weighted by Crippen LogP contribution is 2.38. The Hall–Kier alpha value is -1.64. The van der Waals surface area contributed by atoms with Crippen LogP contribution in [0.5, 0.6) is 0 Å². The van der Waals surface area contributed by atoms with Crippen LogP contribution in [0.3, 0.4) is 0 Å². The molecule has 0 radical (unpaired) electrons. The molecule has 1 saturated heterocycles. The Morgan fingerprint density at radius 2 is 1.07 bits per heavy atom. The van der Waals surface area contributed by atoms with Crippen molar-refractivity contribution in [2.75, 3.05) is 6.54 Å². The fourth-order valence-corrected chi connectivity index (χ4v) is 4.06. The second-order valence-electron chi connectivity index (χ2n) is 10.1. The van der Waals surface area contributed by atoms with Crippen molar-refractivity contribution in [1.29, 1.82) is 0 Å². The highest BCUT2D eigenvalue weighted by atomic mass is 16.3. The minimum absolute atomic E-state index is 0. The summed E-state index contributed by atoms with van der Waals surface area (Å²) < 4.78 is 0. The second kappa shape index (κ2) is 8.00. The first kappa shape index (κ1) is 22.6. The van der Waals surface area contributed by atoms with E-state index in [0.717, 1.165) is 30.5 Å². The van der Waals surface area contributed by atoms with Gasteiger partial charge in [0, 0.05) is 6.04 Å². The SMILES string of the molecule is C.CC(C)(C)c1ccc(C(O)(c2ccc(C(C)(C)C)cc2)[C@@H]2CCCN2)cc1. The zero-order valence-electron chi connectivity index (χ0n) is 17.8. The van der Waals surface area contributed by atoms with Crippen LogP contribution in [0.15, 0.2) is 48.5 Å². The van der Waals surface area contributed by atoms with Gasteiger partial charge in [-0.15, -0.1) is 0 Å². The van der Waals surface area contributed by atoms with Gasteiger partial charge in [0.1, 0.15) is 5.60 Å². The van der Waals surface area contributed by atoms with Crippen molar-refractivity contribution in [2.45, 2.75) is 84.3 Å². The zero-order valence-corrected chi connectivity index (χ0v) is 17.8. The van der Waals surface area contributed by atoms with Crippen LogP contribution in [0.2, 0.25) is 0 Å². The fourth-order valence-electron chi connectivity index (χ4n) is 4.06. The topological polar surface area (TPSA) is 32.3 Å². The van der Waals surface area contributed by atoms with Crippen LogP contribution >= 0.6 is 0 Å². The highest BCUT2D eigenvalue weighted by Gasteiger charge is 2.41. The first-order chi connectivity index (χ1) is 12.5. The number of hydrogen-bond acceptors (Lipinski definition) is 2. The molecule has 0 aliphatic carbocycles. The molecule has 0 saturated carbocycles. The van der Waals surface area contributed by atoms with Crippen LogP contribution < -0.4 is 5.32 Å². The van der Waals surface area contributed by atoms with Crippen LogP contribution in [0.25, 0.3) is 0 Å². The molecule has 1 aliphatic heterocycles. The molecule has 1 fully saturated rings. The van der Waals surface area contributed by atoms with E-state index in [-0.39, 0.29) is 24.3 Å². The van der Waals surface area contributed by atoms with Crippen LogP contribution in [-0.2, 0) is 16.4 Å². The Kier molecular flexibility index (Phi) is 6.47. The molecule has 1 aliphatic rings. The normalized spacial score (nSPS) is 18.0. The van der Waals surface area contributed by atoms with E-state index in [1.54, 1.807) is 0 Å². The molecule has 2 heteroatoms. The van der Waals surface area contributed by atoms with E-state index in [0.29, 0.717) is 0 Å². The minimum Gasteiger partial charge on any atom is -0.379 e. The van der Waals surface area contributed by atoms with Crippen molar-refractivity contribution >= 4 is 0 Å². The molecule has 154 valence electrons. The molecule has 0 spiro atoms. The van der Waals surface area contributed by atoms with Gasteiger partial charge in [-0.1, -0.05) is 97.5 Å². The van der Waals surface area contributed by atoms with E-state index in [2.05, 4.69) is 95.4 Å². The Bertz CT molecular complexity index is 697. The maximum absolute atomic E-state index is 12.0. The number of nitrogens with one attached hydrogen (secondary N) is 1. The molecular weight excluding hydrogens is 342 g/mol. The van der Waals surface area contributed by atoms with Gasteiger partial charge in [0.25, 0.3) is 0 Å². The summed E-state index contributed by atoms with van der Waals surface area (Å²) in [6.07, 6.45) is 2.09. The molecule has 2 aromatic rings. The Balaban J connectivity index is 0.00000280.